The van der Waals surface area contributed by atoms with Gasteiger partial charge in [-0.05, 0) is 29.7 Å². The molecule has 2 aliphatic rings. The molecule has 0 aliphatic heterocycles. The molecule has 2 aliphatic carbocycles. The monoisotopic (exact) mass is 202 g/mol. The third-order valence-electron chi connectivity index (χ3n) is 2.15. The number of aliphatic hydroxyl groups is 1. The van der Waals surface area contributed by atoms with Crippen LogP contribution in [-0.4, -0.2) is 16.6 Å². The summed E-state index contributed by atoms with van der Waals surface area (Å²) in [6.07, 6.45) is 5.76. The van der Waals surface area contributed by atoms with Crippen LogP contribution in [0.15, 0.2) is 34.4 Å². The van der Waals surface area contributed by atoms with Crippen LogP contribution in [-0.2, 0) is 0 Å². The number of fused-ring (bicyclic) bond motifs is 1. The summed E-state index contributed by atoms with van der Waals surface area (Å²) in [5.74, 6) is 0. The van der Waals surface area contributed by atoms with Crippen LogP contribution in [0.4, 0.5) is 0 Å². The summed E-state index contributed by atoms with van der Waals surface area (Å²) >= 11 is 11.8. The first-order valence-electron chi connectivity index (χ1n) is 3.80. The summed E-state index contributed by atoms with van der Waals surface area (Å²) in [5.41, 5.74) is 1.89. The Balaban J connectivity index is 2.41. The highest BCUT2D eigenvalue weighted by Gasteiger charge is 2.27. The second kappa shape index (κ2) is 2.91. The van der Waals surface area contributed by atoms with Crippen molar-refractivity contribution in [3.05, 3.63) is 34.4 Å². The van der Waals surface area contributed by atoms with E-state index in [1.807, 2.05) is 6.08 Å². The van der Waals surface area contributed by atoms with Crippen molar-refractivity contribution in [2.75, 3.05) is 0 Å². The van der Waals surface area contributed by atoms with E-state index in [1.165, 1.54) is 0 Å². The molecule has 0 spiro atoms. The molecule has 0 aromatic heterocycles. The fourth-order valence-corrected chi connectivity index (χ4v) is 2.21. The van der Waals surface area contributed by atoms with Crippen LogP contribution in [0.1, 0.15) is 6.42 Å². The molecule has 3 heteroatoms. The standard InChI is InChI=1S/C9H8Cl2O/c10-5-3-7-6(8(11)4-5)1-2-9(7)12/h1,3-4,8-9,12H,2H2. The summed E-state index contributed by atoms with van der Waals surface area (Å²) in [6.45, 7) is 0. The molecular weight excluding hydrogens is 195 g/mol. The normalized spacial score (nSPS) is 33.8. The predicted molar refractivity (Wildman–Crippen MR) is 50.4 cm³/mol. The van der Waals surface area contributed by atoms with Gasteiger partial charge >= 0.3 is 0 Å². The van der Waals surface area contributed by atoms with Crippen molar-refractivity contribution in [1.82, 2.24) is 0 Å². The molecule has 0 fully saturated rings. The van der Waals surface area contributed by atoms with Crippen molar-refractivity contribution >= 4 is 23.2 Å². The Morgan fingerprint density at radius 3 is 2.92 bits per heavy atom. The minimum absolute atomic E-state index is 0.172. The molecule has 0 bridgehead atoms. The van der Waals surface area contributed by atoms with Crippen molar-refractivity contribution in [2.24, 2.45) is 0 Å². The van der Waals surface area contributed by atoms with Gasteiger partial charge in [0.15, 0.2) is 0 Å². The third kappa shape index (κ3) is 1.22. The third-order valence-corrected chi connectivity index (χ3v) is 2.75. The van der Waals surface area contributed by atoms with Crippen molar-refractivity contribution in [1.29, 1.82) is 0 Å². The second-order valence-corrected chi connectivity index (χ2v) is 3.87. The number of allylic oxidation sites excluding steroid dienone is 3. The molecule has 64 valence electrons. The number of hydrogen-bond donors (Lipinski definition) is 1. The zero-order chi connectivity index (χ0) is 8.72. The largest absolute Gasteiger partial charge is 0.388 e. The zero-order valence-electron chi connectivity index (χ0n) is 6.30. The maximum Gasteiger partial charge on any atom is 0.0828 e. The van der Waals surface area contributed by atoms with Crippen LogP contribution in [0, 0.1) is 0 Å². The van der Waals surface area contributed by atoms with Crippen LogP contribution in [0.2, 0.25) is 0 Å². The van der Waals surface area contributed by atoms with Crippen molar-refractivity contribution in [3.63, 3.8) is 0 Å². The first-order valence-corrected chi connectivity index (χ1v) is 4.61. The molecule has 0 heterocycles. The maximum atomic E-state index is 9.50. The van der Waals surface area contributed by atoms with E-state index < -0.39 is 6.10 Å². The summed E-state index contributed by atoms with van der Waals surface area (Å²) in [5, 5.41) is 9.94. The highest BCUT2D eigenvalue weighted by Crippen LogP contribution is 2.36. The van der Waals surface area contributed by atoms with E-state index in [1.54, 1.807) is 12.2 Å². The van der Waals surface area contributed by atoms with Gasteiger partial charge in [0.1, 0.15) is 0 Å². The first kappa shape index (κ1) is 8.36. The lowest BCUT2D eigenvalue weighted by Crippen LogP contribution is -2.12. The topological polar surface area (TPSA) is 20.2 Å². The van der Waals surface area contributed by atoms with Gasteiger partial charge in [-0.2, -0.15) is 0 Å². The van der Waals surface area contributed by atoms with Gasteiger partial charge in [0.2, 0.25) is 0 Å². The molecule has 2 atom stereocenters. The van der Waals surface area contributed by atoms with E-state index in [0.717, 1.165) is 11.1 Å². The molecule has 0 aromatic rings. The lowest BCUT2D eigenvalue weighted by atomic mass is 9.99. The smallest absolute Gasteiger partial charge is 0.0828 e. The second-order valence-electron chi connectivity index (χ2n) is 2.96. The molecule has 1 N–H and O–H groups in total. The fraction of sp³-hybridized carbons (Fsp3) is 0.333. The average molecular weight is 203 g/mol. The number of rotatable bonds is 0. The van der Waals surface area contributed by atoms with Crippen molar-refractivity contribution in [3.8, 4) is 0 Å². The molecule has 0 saturated carbocycles. The molecule has 2 rings (SSSR count). The average Bonchev–Trinajstić information content (AvgIpc) is 2.33. The number of halogens is 2. The molecule has 0 radical (unpaired) electrons. The van der Waals surface area contributed by atoms with Gasteiger partial charge in [-0.15, -0.1) is 11.6 Å². The SMILES string of the molecule is OC1CC=C2C1=CC(Cl)=CC2Cl. The van der Waals surface area contributed by atoms with Crippen molar-refractivity contribution in [2.45, 2.75) is 17.9 Å². The maximum absolute atomic E-state index is 9.50. The molecule has 0 saturated heterocycles. The summed E-state index contributed by atoms with van der Waals surface area (Å²) in [6, 6.07) is 0. The van der Waals surface area contributed by atoms with Gasteiger partial charge in [0, 0.05) is 5.03 Å². The lowest BCUT2D eigenvalue weighted by Gasteiger charge is -2.16. The number of alkyl halides is 1. The van der Waals surface area contributed by atoms with E-state index in [0.29, 0.717) is 11.5 Å². The van der Waals surface area contributed by atoms with Gasteiger partial charge in [-0.1, -0.05) is 17.7 Å². The van der Waals surface area contributed by atoms with Gasteiger partial charge < -0.3 is 5.11 Å². The lowest BCUT2D eigenvalue weighted by molar-refractivity contribution is 0.223. The molecule has 12 heavy (non-hydrogen) atoms. The van der Waals surface area contributed by atoms with Crippen LogP contribution in [0.25, 0.3) is 0 Å². The Bertz CT molecular complexity index is 302. The Labute approximate surface area is 81.0 Å². The minimum atomic E-state index is -0.413. The Kier molecular flexibility index (Phi) is 2.03. The molecule has 2 unspecified atom stereocenters. The molecule has 0 amide bonds. The Hall–Kier alpha value is -0.240. The van der Waals surface area contributed by atoms with Crippen LogP contribution in [0.5, 0.6) is 0 Å². The van der Waals surface area contributed by atoms with E-state index in [4.69, 9.17) is 23.2 Å². The van der Waals surface area contributed by atoms with E-state index in [2.05, 4.69) is 0 Å². The molecular formula is C9H8Cl2O. The summed E-state index contributed by atoms with van der Waals surface area (Å²) < 4.78 is 0. The van der Waals surface area contributed by atoms with E-state index in [9.17, 15) is 5.11 Å². The van der Waals surface area contributed by atoms with Gasteiger partial charge in [-0.25, -0.2) is 0 Å². The van der Waals surface area contributed by atoms with E-state index in [-0.39, 0.29) is 5.38 Å². The molecule has 0 aromatic carbocycles. The Morgan fingerprint density at radius 2 is 2.17 bits per heavy atom. The fourth-order valence-electron chi connectivity index (χ4n) is 1.55. The minimum Gasteiger partial charge on any atom is -0.388 e. The van der Waals surface area contributed by atoms with Gasteiger partial charge in [0.05, 0.1) is 11.5 Å². The van der Waals surface area contributed by atoms with Gasteiger partial charge in [0.25, 0.3) is 0 Å². The quantitative estimate of drug-likeness (QED) is 0.599. The predicted octanol–water partition coefficient (Wildman–Crippen LogP) is 2.35. The highest BCUT2D eigenvalue weighted by atomic mass is 35.5. The van der Waals surface area contributed by atoms with Gasteiger partial charge in [-0.3, -0.25) is 0 Å². The van der Waals surface area contributed by atoms with Crippen LogP contribution < -0.4 is 0 Å². The highest BCUT2D eigenvalue weighted by molar-refractivity contribution is 6.33. The first-order chi connectivity index (χ1) is 5.68. The van der Waals surface area contributed by atoms with Crippen LogP contribution in [0.3, 0.4) is 0 Å². The number of hydrogen-bond acceptors (Lipinski definition) is 1. The van der Waals surface area contributed by atoms with Crippen LogP contribution >= 0.6 is 23.2 Å². The van der Waals surface area contributed by atoms with E-state index >= 15 is 0 Å². The Morgan fingerprint density at radius 1 is 1.42 bits per heavy atom. The number of aliphatic hydroxyl groups excluding tert-OH is 1. The zero-order valence-corrected chi connectivity index (χ0v) is 7.81. The summed E-state index contributed by atoms with van der Waals surface area (Å²) in [4.78, 5) is 0. The molecule has 1 nitrogen and oxygen atoms in total. The summed E-state index contributed by atoms with van der Waals surface area (Å²) in [7, 11) is 0. The van der Waals surface area contributed by atoms with Crippen molar-refractivity contribution < 1.29 is 5.11 Å².